The Morgan fingerprint density at radius 3 is 2.15 bits per heavy atom. The zero-order valence-electron chi connectivity index (χ0n) is 6.12. The zero-order chi connectivity index (χ0) is 10.0. The van der Waals surface area contributed by atoms with Crippen LogP contribution in [0.3, 0.4) is 0 Å². The molecule has 13 heavy (non-hydrogen) atoms. The molecule has 0 saturated heterocycles. The van der Waals surface area contributed by atoms with Crippen LogP contribution in [0.15, 0.2) is 15.5 Å². The fraction of sp³-hybridized carbons (Fsp3) is 0. The SMILES string of the molecule is Clc1ccc(Cl)c(C=C(Br)Br)c1Cl. The average molecular weight is 365 g/mol. The molecule has 0 nitrogen and oxygen atoms in total. The van der Waals surface area contributed by atoms with Crippen molar-refractivity contribution in [3.05, 3.63) is 36.2 Å². The summed E-state index contributed by atoms with van der Waals surface area (Å²) in [6.07, 6.45) is 1.75. The second-order valence-electron chi connectivity index (χ2n) is 2.19. The molecule has 1 aromatic rings. The number of rotatable bonds is 1. The summed E-state index contributed by atoms with van der Waals surface area (Å²) in [6, 6.07) is 3.36. The molecule has 0 bridgehead atoms. The highest BCUT2D eigenvalue weighted by Gasteiger charge is 2.07. The van der Waals surface area contributed by atoms with Gasteiger partial charge in [0.05, 0.1) is 13.4 Å². The minimum atomic E-state index is 0.450. The molecule has 0 spiro atoms. The van der Waals surface area contributed by atoms with Crippen molar-refractivity contribution in [2.24, 2.45) is 0 Å². The van der Waals surface area contributed by atoms with E-state index in [1.165, 1.54) is 0 Å². The lowest BCUT2D eigenvalue weighted by atomic mass is 10.2. The van der Waals surface area contributed by atoms with Crippen LogP contribution in [0.5, 0.6) is 0 Å². The molecule has 70 valence electrons. The molecule has 5 heteroatoms. The van der Waals surface area contributed by atoms with Crippen molar-refractivity contribution in [1.29, 1.82) is 0 Å². The van der Waals surface area contributed by atoms with Crippen molar-refractivity contribution >= 4 is 72.7 Å². The molecule has 0 aliphatic rings. The molecule has 0 radical (unpaired) electrons. The van der Waals surface area contributed by atoms with Crippen LogP contribution in [0, 0.1) is 0 Å². The summed E-state index contributed by atoms with van der Waals surface area (Å²) < 4.78 is 0.756. The monoisotopic (exact) mass is 362 g/mol. The minimum Gasteiger partial charge on any atom is -0.0836 e. The van der Waals surface area contributed by atoms with Crippen LogP contribution >= 0.6 is 66.7 Å². The van der Waals surface area contributed by atoms with Crippen LogP contribution in [0.2, 0.25) is 15.1 Å². The van der Waals surface area contributed by atoms with Gasteiger partial charge in [0.15, 0.2) is 0 Å². The first kappa shape index (κ1) is 11.9. The summed E-state index contributed by atoms with van der Waals surface area (Å²) in [5.41, 5.74) is 0.694. The molecule has 0 aliphatic carbocycles. The maximum atomic E-state index is 5.94. The van der Waals surface area contributed by atoms with Crippen molar-refractivity contribution < 1.29 is 0 Å². The quantitative estimate of drug-likeness (QED) is 0.557. The van der Waals surface area contributed by atoms with Gasteiger partial charge in [0.2, 0.25) is 0 Å². The first-order valence-electron chi connectivity index (χ1n) is 3.18. The Hall–Kier alpha value is 0.790. The second-order valence-corrected chi connectivity index (χ2v) is 6.16. The lowest BCUT2D eigenvalue weighted by molar-refractivity contribution is 1.65. The molecular weight excluding hydrogens is 362 g/mol. The van der Waals surface area contributed by atoms with Gasteiger partial charge in [0.25, 0.3) is 0 Å². The molecule has 1 rings (SSSR count). The Bertz CT molecular complexity index is 357. The highest BCUT2D eigenvalue weighted by molar-refractivity contribution is 9.28. The standard InChI is InChI=1S/C8H3Br2Cl3/c9-7(10)3-4-5(11)1-2-6(12)8(4)13/h1-3H. The largest absolute Gasteiger partial charge is 0.0836 e. The Morgan fingerprint density at radius 2 is 1.62 bits per heavy atom. The summed E-state index contributed by atoms with van der Waals surface area (Å²) in [6.45, 7) is 0. The fourth-order valence-corrected chi connectivity index (χ4v) is 1.89. The molecule has 0 fully saturated rings. The molecule has 0 N–H and O–H groups in total. The van der Waals surface area contributed by atoms with Crippen LogP contribution in [0.4, 0.5) is 0 Å². The Balaban J connectivity index is 3.34. The van der Waals surface area contributed by atoms with Crippen LogP contribution in [0.25, 0.3) is 6.08 Å². The molecule has 0 aromatic heterocycles. The molecule has 0 saturated carbocycles. The van der Waals surface area contributed by atoms with E-state index in [1.807, 2.05) is 0 Å². The van der Waals surface area contributed by atoms with Gasteiger partial charge in [-0.25, -0.2) is 0 Å². The van der Waals surface area contributed by atoms with Crippen LogP contribution in [-0.2, 0) is 0 Å². The van der Waals surface area contributed by atoms with Crippen LogP contribution < -0.4 is 0 Å². The van der Waals surface area contributed by atoms with E-state index >= 15 is 0 Å². The fourth-order valence-electron chi connectivity index (χ4n) is 0.784. The summed E-state index contributed by atoms with van der Waals surface area (Å²) >= 11 is 24.1. The van der Waals surface area contributed by atoms with E-state index in [4.69, 9.17) is 34.8 Å². The third-order valence-corrected chi connectivity index (χ3v) is 2.94. The Labute approximate surface area is 108 Å². The predicted molar refractivity (Wildman–Crippen MR) is 67.3 cm³/mol. The van der Waals surface area contributed by atoms with Crippen molar-refractivity contribution in [3.63, 3.8) is 0 Å². The van der Waals surface area contributed by atoms with Crippen LogP contribution in [-0.4, -0.2) is 0 Å². The highest BCUT2D eigenvalue weighted by atomic mass is 79.9. The van der Waals surface area contributed by atoms with Crippen LogP contribution in [0.1, 0.15) is 5.56 Å². The topological polar surface area (TPSA) is 0 Å². The van der Waals surface area contributed by atoms with Gasteiger partial charge >= 0.3 is 0 Å². The summed E-state index contributed by atoms with van der Waals surface area (Å²) in [5, 5.41) is 1.50. The smallest absolute Gasteiger partial charge is 0.0680 e. The van der Waals surface area contributed by atoms with Crippen molar-refractivity contribution in [2.45, 2.75) is 0 Å². The molecule has 1 aromatic carbocycles. The summed E-state index contributed by atoms with van der Waals surface area (Å²) in [7, 11) is 0. The summed E-state index contributed by atoms with van der Waals surface area (Å²) in [5.74, 6) is 0. The van der Waals surface area contributed by atoms with Gasteiger partial charge in [-0.3, -0.25) is 0 Å². The molecule has 0 atom stereocenters. The van der Waals surface area contributed by atoms with Crippen molar-refractivity contribution in [1.82, 2.24) is 0 Å². The van der Waals surface area contributed by atoms with E-state index in [1.54, 1.807) is 18.2 Å². The zero-order valence-corrected chi connectivity index (χ0v) is 11.6. The molecule has 0 aliphatic heterocycles. The van der Waals surface area contributed by atoms with Gasteiger partial charge in [-0.2, -0.15) is 0 Å². The van der Waals surface area contributed by atoms with Gasteiger partial charge in [0.1, 0.15) is 0 Å². The minimum absolute atomic E-state index is 0.450. The van der Waals surface area contributed by atoms with Crippen molar-refractivity contribution in [2.75, 3.05) is 0 Å². The molecule has 0 amide bonds. The number of hydrogen-bond donors (Lipinski definition) is 0. The first-order chi connectivity index (χ1) is 6.02. The third-order valence-electron chi connectivity index (χ3n) is 1.33. The van der Waals surface area contributed by atoms with E-state index < -0.39 is 0 Å². The molecule has 0 unspecified atom stereocenters. The first-order valence-corrected chi connectivity index (χ1v) is 5.90. The number of hydrogen-bond acceptors (Lipinski definition) is 0. The Morgan fingerprint density at radius 1 is 1.08 bits per heavy atom. The summed E-state index contributed by atoms with van der Waals surface area (Å²) in [4.78, 5) is 0. The van der Waals surface area contributed by atoms with E-state index in [9.17, 15) is 0 Å². The lowest BCUT2D eigenvalue weighted by Gasteiger charge is -2.03. The second kappa shape index (κ2) is 5.04. The van der Waals surface area contributed by atoms with Gasteiger partial charge < -0.3 is 0 Å². The number of halogens is 5. The van der Waals surface area contributed by atoms with Crippen molar-refractivity contribution in [3.8, 4) is 0 Å². The molecule has 0 heterocycles. The maximum Gasteiger partial charge on any atom is 0.0680 e. The lowest BCUT2D eigenvalue weighted by Crippen LogP contribution is -1.79. The predicted octanol–water partition coefficient (Wildman–Crippen LogP) is 5.74. The Kier molecular flexibility index (Phi) is 4.59. The van der Waals surface area contributed by atoms with Gasteiger partial charge in [-0.1, -0.05) is 34.8 Å². The van der Waals surface area contributed by atoms with E-state index in [-0.39, 0.29) is 0 Å². The molecular formula is C8H3Br2Cl3. The third kappa shape index (κ3) is 3.14. The van der Waals surface area contributed by atoms with E-state index in [0.717, 1.165) is 3.39 Å². The van der Waals surface area contributed by atoms with Gasteiger partial charge in [-0.05, 0) is 50.1 Å². The van der Waals surface area contributed by atoms with Gasteiger partial charge in [0, 0.05) is 10.6 Å². The van der Waals surface area contributed by atoms with E-state index in [2.05, 4.69) is 31.9 Å². The van der Waals surface area contributed by atoms with Gasteiger partial charge in [-0.15, -0.1) is 0 Å². The average Bonchev–Trinajstić information content (AvgIpc) is 2.05. The number of benzene rings is 1. The van der Waals surface area contributed by atoms with E-state index in [0.29, 0.717) is 20.6 Å². The maximum absolute atomic E-state index is 5.94. The normalized spacial score (nSPS) is 9.92. The highest BCUT2D eigenvalue weighted by Crippen LogP contribution is 2.34.